The molecular weight excluding hydrogens is 542 g/mol. The van der Waals surface area contributed by atoms with Gasteiger partial charge < -0.3 is 19.8 Å². The molecular formula is C23H26F6N4O6. The van der Waals surface area contributed by atoms with Crippen LogP contribution in [0.1, 0.15) is 35.8 Å². The molecule has 1 fully saturated rings. The van der Waals surface area contributed by atoms with Gasteiger partial charge in [-0.2, -0.15) is 31.4 Å². The summed E-state index contributed by atoms with van der Waals surface area (Å²) in [5, 5.41) is 18.6. The van der Waals surface area contributed by atoms with E-state index in [1.807, 2.05) is 41.0 Å². The molecule has 1 aliphatic carbocycles. The van der Waals surface area contributed by atoms with Gasteiger partial charge in [0.15, 0.2) is 0 Å². The van der Waals surface area contributed by atoms with Crippen LogP contribution in [0.5, 0.6) is 0 Å². The number of nitrogens with zero attached hydrogens (tertiary/aromatic N) is 4. The number of hydrogen-bond donors (Lipinski definition) is 2. The van der Waals surface area contributed by atoms with E-state index in [4.69, 9.17) is 24.5 Å². The van der Waals surface area contributed by atoms with Crippen molar-refractivity contribution in [1.82, 2.24) is 19.7 Å². The second-order valence-corrected chi connectivity index (χ2v) is 8.62. The highest BCUT2D eigenvalue weighted by Gasteiger charge is 2.39. The molecule has 0 radical (unpaired) electrons. The molecule has 216 valence electrons. The Bertz CT molecular complexity index is 1090. The highest BCUT2D eigenvalue weighted by Crippen LogP contribution is 2.32. The van der Waals surface area contributed by atoms with E-state index in [-0.39, 0.29) is 11.9 Å². The lowest BCUT2D eigenvalue weighted by molar-refractivity contribution is -0.193. The van der Waals surface area contributed by atoms with Gasteiger partial charge in [0, 0.05) is 32.1 Å². The zero-order valence-corrected chi connectivity index (χ0v) is 20.6. The number of ether oxygens (including phenoxy) is 1. The molecule has 1 amide bonds. The Labute approximate surface area is 218 Å². The molecule has 1 atom stereocenters. The number of aryl methyl sites for hydroxylation is 1. The van der Waals surface area contributed by atoms with Crippen molar-refractivity contribution in [2.24, 2.45) is 13.0 Å². The van der Waals surface area contributed by atoms with Gasteiger partial charge in [-0.25, -0.2) is 9.59 Å². The van der Waals surface area contributed by atoms with Crippen LogP contribution in [0.3, 0.4) is 0 Å². The van der Waals surface area contributed by atoms with E-state index in [0.29, 0.717) is 25.5 Å². The number of hydrogen-bond acceptors (Lipinski definition) is 6. The number of carboxylic acids is 2. The summed E-state index contributed by atoms with van der Waals surface area (Å²) in [6.45, 7) is 2.05. The average Bonchev–Trinajstić information content (AvgIpc) is 3.59. The first kappa shape index (κ1) is 31.5. The second kappa shape index (κ2) is 13.4. The summed E-state index contributed by atoms with van der Waals surface area (Å²) >= 11 is 0. The maximum atomic E-state index is 12.9. The van der Waals surface area contributed by atoms with Crippen molar-refractivity contribution >= 4 is 17.8 Å². The summed E-state index contributed by atoms with van der Waals surface area (Å²) in [4.78, 5) is 37.0. The predicted molar refractivity (Wildman–Crippen MR) is 120 cm³/mol. The molecule has 16 heteroatoms. The first-order valence-corrected chi connectivity index (χ1v) is 11.5. The summed E-state index contributed by atoms with van der Waals surface area (Å²) in [7, 11) is 1.94. The molecule has 10 nitrogen and oxygen atoms in total. The Morgan fingerprint density at radius 2 is 1.62 bits per heavy atom. The number of amides is 1. The fourth-order valence-corrected chi connectivity index (χ4v) is 3.52. The number of aliphatic carboxylic acids is 2. The monoisotopic (exact) mass is 568 g/mol. The summed E-state index contributed by atoms with van der Waals surface area (Å²) < 4.78 is 71.3. The van der Waals surface area contributed by atoms with Crippen LogP contribution in [-0.4, -0.2) is 79.8 Å². The number of fused-ring (bicyclic) bond motifs is 1. The number of carbonyl (C=O) groups excluding carboxylic acids is 1. The lowest BCUT2D eigenvalue weighted by Crippen LogP contribution is -2.43. The Balaban J connectivity index is 0.000000317. The number of aromatic nitrogens is 3. The van der Waals surface area contributed by atoms with Crippen LogP contribution < -0.4 is 0 Å². The van der Waals surface area contributed by atoms with Gasteiger partial charge in [0.25, 0.3) is 0 Å². The van der Waals surface area contributed by atoms with Gasteiger partial charge in [-0.1, -0.05) is 6.07 Å². The third-order valence-corrected chi connectivity index (χ3v) is 5.57. The largest absolute Gasteiger partial charge is 0.490 e. The Hall–Kier alpha value is -3.69. The average molecular weight is 568 g/mol. The predicted octanol–water partition coefficient (Wildman–Crippen LogP) is 3.18. The maximum absolute atomic E-state index is 12.9. The number of carbonyl (C=O) groups is 3. The minimum Gasteiger partial charge on any atom is -0.475 e. The molecule has 2 aromatic rings. The van der Waals surface area contributed by atoms with Gasteiger partial charge >= 0.3 is 24.3 Å². The number of halogens is 6. The Morgan fingerprint density at radius 3 is 2.10 bits per heavy atom. The molecule has 4 rings (SSSR count). The van der Waals surface area contributed by atoms with Crippen LogP contribution in [0.15, 0.2) is 30.6 Å². The molecule has 0 bridgehead atoms. The maximum Gasteiger partial charge on any atom is 0.490 e. The topological polar surface area (TPSA) is 135 Å². The van der Waals surface area contributed by atoms with E-state index >= 15 is 0 Å². The van der Waals surface area contributed by atoms with E-state index in [1.165, 1.54) is 18.4 Å². The fourth-order valence-electron chi connectivity index (χ4n) is 3.52. The Morgan fingerprint density at radius 1 is 1.03 bits per heavy atom. The summed E-state index contributed by atoms with van der Waals surface area (Å²) in [6.07, 6.45) is -2.81. The summed E-state index contributed by atoms with van der Waals surface area (Å²) in [5.74, 6) is -4.70. The van der Waals surface area contributed by atoms with Crippen LogP contribution in [0.2, 0.25) is 0 Å². The molecule has 1 saturated carbocycles. The first-order valence-electron chi connectivity index (χ1n) is 11.5. The fraction of sp³-hybridized carbons (Fsp3) is 0.522. The van der Waals surface area contributed by atoms with E-state index in [1.54, 1.807) is 6.20 Å². The van der Waals surface area contributed by atoms with E-state index in [9.17, 15) is 31.1 Å². The minimum atomic E-state index is -5.08. The standard InChI is InChI=1S/C19H24N4O2.2C2HF3O2/c1-22-19-15(11-21-22)7-9-23(17(19)13-25-12-14-5-6-14)18(24)10-16-4-2-3-8-20-16;2*3-2(4,5)1(6)7/h2-4,8,11,14,17H,5-7,9-10,12-13H2,1H3;2*(H,6,7). The molecule has 39 heavy (non-hydrogen) atoms. The summed E-state index contributed by atoms with van der Waals surface area (Å²) in [5.41, 5.74) is 3.14. The van der Waals surface area contributed by atoms with Crippen molar-refractivity contribution in [2.75, 3.05) is 19.8 Å². The molecule has 1 unspecified atom stereocenters. The van der Waals surface area contributed by atoms with Crippen LogP contribution in [0.4, 0.5) is 26.3 Å². The third-order valence-electron chi connectivity index (χ3n) is 5.57. The lowest BCUT2D eigenvalue weighted by Gasteiger charge is -2.36. The van der Waals surface area contributed by atoms with Crippen LogP contribution in [0.25, 0.3) is 0 Å². The molecule has 3 heterocycles. The zero-order chi connectivity index (χ0) is 29.4. The smallest absolute Gasteiger partial charge is 0.475 e. The van der Waals surface area contributed by atoms with Crippen LogP contribution in [-0.2, 0) is 39.0 Å². The van der Waals surface area contributed by atoms with Gasteiger partial charge in [0.1, 0.15) is 0 Å². The van der Waals surface area contributed by atoms with Gasteiger partial charge in [0.2, 0.25) is 5.91 Å². The van der Waals surface area contributed by atoms with Crippen LogP contribution in [0, 0.1) is 5.92 Å². The van der Waals surface area contributed by atoms with Gasteiger partial charge in [-0.3, -0.25) is 14.5 Å². The van der Waals surface area contributed by atoms with Crippen molar-refractivity contribution in [3.05, 3.63) is 47.5 Å². The van der Waals surface area contributed by atoms with Crippen molar-refractivity contribution in [3.63, 3.8) is 0 Å². The number of pyridine rings is 1. The van der Waals surface area contributed by atoms with Crippen LogP contribution >= 0.6 is 0 Å². The second-order valence-electron chi connectivity index (χ2n) is 8.62. The van der Waals surface area contributed by atoms with Crippen molar-refractivity contribution < 1.29 is 55.7 Å². The molecule has 0 aromatic carbocycles. The Kier molecular flexibility index (Phi) is 10.8. The van der Waals surface area contributed by atoms with E-state index in [0.717, 1.165) is 24.4 Å². The van der Waals surface area contributed by atoms with Crippen molar-refractivity contribution in [2.45, 2.75) is 44.1 Å². The molecule has 0 spiro atoms. The van der Waals surface area contributed by atoms with Gasteiger partial charge in [0.05, 0.1) is 31.0 Å². The van der Waals surface area contributed by atoms with E-state index < -0.39 is 24.3 Å². The quantitative estimate of drug-likeness (QED) is 0.508. The first-order chi connectivity index (χ1) is 18.1. The number of rotatable bonds is 6. The highest BCUT2D eigenvalue weighted by molar-refractivity contribution is 5.79. The van der Waals surface area contributed by atoms with E-state index in [2.05, 4.69) is 10.1 Å². The SMILES string of the molecule is Cn1ncc2c1C(COCC1CC1)N(C(=O)Cc1ccccn1)CC2.O=C(O)C(F)(F)F.O=C(O)C(F)(F)F. The molecule has 0 saturated heterocycles. The lowest BCUT2D eigenvalue weighted by atomic mass is 9.99. The van der Waals surface area contributed by atoms with Gasteiger partial charge in [-0.05, 0) is 42.9 Å². The molecule has 1 aliphatic heterocycles. The van der Waals surface area contributed by atoms with Crippen molar-refractivity contribution in [3.8, 4) is 0 Å². The normalized spacial score (nSPS) is 16.7. The zero-order valence-electron chi connectivity index (χ0n) is 20.6. The minimum absolute atomic E-state index is 0.0637. The third kappa shape index (κ3) is 10.2. The van der Waals surface area contributed by atoms with Gasteiger partial charge in [-0.15, -0.1) is 0 Å². The summed E-state index contributed by atoms with van der Waals surface area (Å²) in [6, 6.07) is 5.62. The molecule has 2 N–H and O–H groups in total. The number of alkyl halides is 6. The number of carboxylic acid groups (broad SMARTS) is 2. The molecule has 2 aliphatic rings. The highest BCUT2D eigenvalue weighted by atomic mass is 19.4. The van der Waals surface area contributed by atoms with Crippen molar-refractivity contribution in [1.29, 1.82) is 0 Å². The molecule has 2 aromatic heterocycles.